The number of nitrogens with zero attached hydrogens (tertiary/aromatic N) is 1. The number of carboxylic acid groups (broad SMARTS) is 1. The molecule has 0 amide bonds. The molecule has 1 aromatic heterocycles. The van der Waals surface area contributed by atoms with Crippen molar-refractivity contribution in [2.75, 3.05) is 5.75 Å². The predicted molar refractivity (Wildman–Crippen MR) is 84.4 cm³/mol. The second kappa shape index (κ2) is 7.67. The van der Waals surface area contributed by atoms with Gasteiger partial charge < -0.3 is 5.11 Å². The molecule has 3 aromatic rings. The molecule has 0 fully saturated rings. The van der Waals surface area contributed by atoms with Gasteiger partial charge in [-0.3, -0.25) is 4.79 Å². The summed E-state index contributed by atoms with van der Waals surface area (Å²) in [6, 6.07) is 19.8. The molecular formula is C15H13NO2S2. The molecule has 0 aliphatic carbocycles. The fraction of sp³-hybridized carbons (Fsp3) is 0.0667. The van der Waals surface area contributed by atoms with Crippen molar-refractivity contribution in [3.05, 3.63) is 60.7 Å². The summed E-state index contributed by atoms with van der Waals surface area (Å²) in [7, 11) is 0. The smallest absolute Gasteiger partial charge is 0.313 e. The van der Waals surface area contributed by atoms with Gasteiger partial charge in [-0.1, -0.05) is 60.3 Å². The van der Waals surface area contributed by atoms with Crippen LogP contribution in [-0.4, -0.2) is 21.8 Å². The number of para-hydroxylation sites is 1. The Morgan fingerprint density at radius 2 is 1.65 bits per heavy atom. The van der Waals surface area contributed by atoms with Gasteiger partial charge in [0.25, 0.3) is 0 Å². The van der Waals surface area contributed by atoms with Crippen molar-refractivity contribution in [3.8, 4) is 0 Å². The first kappa shape index (κ1) is 14.6. The molecule has 3 nitrogen and oxygen atoms in total. The Kier molecular flexibility index (Phi) is 5.58. The highest BCUT2D eigenvalue weighted by atomic mass is 32.2. The molecule has 0 bridgehead atoms. The number of fused-ring (bicyclic) bond motifs is 1. The van der Waals surface area contributed by atoms with E-state index < -0.39 is 5.97 Å². The summed E-state index contributed by atoms with van der Waals surface area (Å²) in [5, 5.41) is 8.51. The highest BCUT2D eigenvalue weighted by Crippen LogP contribution is 2.28. The van der Waals surface area contributed by atoms with Gasteiger partial charge >= 0.3 is 5.97 Å². The third-order valence-electron chi connectivity index (χ3n) is 2.26. The Balaban J connectivity index is 0.000000205. The lowest BCUT2D eigenvalue weighted by molar-refractivity contribution is -0.133. The maximum atomic E-state index is 10.3. The molecule has 5 heteroatoms. The van der Waals surface area contributed by atoms with Crippen molar-refractivity contribution < 1.29 is 9.90 Å². The Hall–Kier alpha value is -1.85. The van der Waals surface area contributed by atoms with Crippen LogP contribution in [-0.2, 0) is 4.79 Å². The van der Waals surface area contributed by atoms with E-state index in [4.69, 9.17) is 5.11 Å². The molecule has 0 saturated carbocycles. The summed E-state index contributed by atoms with van der Waals surface area (Å²) in [5.41, 5.74) is 0.936. The van der Waals surface area contributed by atoms with Crippen molar-refractivity contribution in [1.82, 2.24) is 4.98 Å². The lowest BCUT2D eigenvalue weighted by atomic mass is 10.3. The molecular weight excluding hydrogens is 290 g/mol. The van der Waals surface area contributed by atoms with Gasteiger partial charge in [0, 0.05) is 0 Å². The molecule has 0 spiro atoms. The zero-order chi connectivity index (χ0) is 14.2. The molecule has 20 heavy (non-hydrogen) atoms. The summed E-state index contributed by atoms with van der Waals surface area (Å²) in [4.78, 5) is 14.6. The first-order valence-electron chi connectivity index (χ1n) is 5.96. The second-order valence-corrected chi connectivity index (χ2v) is 6.04. The van der Waals surface area contributed by atoms with Crippen molar-refractivity contribution in [2.24, 2.45) is 0 Å². The van der Waals surface area contributed by atoms with E-state index in [1.165, 1.54) is 23.1 Å². The van der Waals surface area contributed by atoms with E-state index in [0.717, 1.165) is 14.6 Å². The van der Waals surface area contributed by atoms with E-state index in [0.29, 0.717) is 0 Å². The summed E-state index contributed by atoms with van der Waals surface area (Å²) in [6.07, 6.45) is 0. The minimum atomic E-state index is -0.811. The number of aliphatic carboxylic acids is 1. The summed E-state index contributed by atoms with van der Waals surface area (Å²) in [5.74, 6) is -0.742. The largest absolute Gasteiger partial charge is 0.481 e. The SMILES string of the molecule is O=C(O)CSc1nc2ccccc2s1.c1ccccc1. The Morgan fingerprint density at radius 1 is 1.05 bits per heavy atom. The van der Waals surface area contributed by atoms with Gasteiger partial charge in [-0.15, -0.1) is 11.3 Å². The van der Waals surface area contributed by atoms with Crippen LogP contribution >= 0.6 is 23.1 Å². The van der Waals surface area contributed by atoms with E-state index in [2.05, 4.69) is 4.98 Å². The number of hydrogen-bond acceptors (Lipinski definition) is 4. The lowest BCUT2D eigenvalue weighted by Crippen LogP contribution is -1.96. The number of aromatic nitrogens is 1. The molecule has 102 valence electrons. The standard InChI is InChI=1S/C9H7NO2S2.C6H6/c11-8(12)5-13-9-10-6-3-1-2-4-7(6)14-9;1-2-4-6-5-3-1/h1-4H,5H2,(H,11,12);1-6H. The van der Waals surface area contributed by atoms with E-state index >= 15 is 0 Å². The highest BCUT2D eigenvalue weighted by Gasteiger charge is 2.05. The molecule has 1 heterocycles. The van der Waals surface area contributed by atoms with Crippen molar-refractivity contribution in [1.29, 1.82) is 0 Å². The maximum absolute atomic E-state index is 10.3. The molecule has 3 rings (SSSR count). The van der Waals surface area contributed by atoms with Crippen molar-refractivity contribution >= 4 is 39.3 Å². The van der Waals surface area contributed by atoms with E-state index in [1.54, 1.807) is 0 Å². The quantitative estimate of drug-likeness (QED) is 0.738. The number of thioether (sulfide) groups is 1. The summed E-state index contributed by atoms with van der Waals surface area (Å²) in [6.45, 7) is 0. The van der Waals surface area contributed by atoms with Crippen molar-refractivity contribution in [3.63, 3.8) is 0 Å². The Labute approximate surface area is 125 Å². The number of carbonyl (C=O) groups is 1. The van der Waals surface area contributed by atoms with Crippen LogP contribution in [0.25, 0.3) is 10.2 Å². The Bertz CT molecular complexity index is 608. The van der Waals surface area contributed by atoms with Gasteiger partial charge in [0.2, 0.25) is 0 Å². The number of benzene rings is 2. The first-order valence-corrected chi connectivity index (χ1v) is 7.76. The highest BCUT2D eigenvalue weighted by molar-refractivity contribution is 8.01. The number of hydrogen-bond donors (Lipinski definition) is 1. The monoisotopic (exact) mass is 303 g/mol. The maximum Gasteiger partial charge on any atom is 0.313 e. The topological polar surface area (TPSA) is 50.2 Å². The van der Waals surface area contributed by atoms with Crippen LogP contribution in [0.4, 0.5) is 0 Å². The van der Waals surface area contributed by atoms with E-state index in [9.17, 15) is 4.79 Å². The molecule has 1 N–H and O–H groups in total. The third kappa shape index (κ3) is 4.68. The van der Waals surface area contributed by atoms with Crippen LogP contribution in [0.1, 0.15) is 0 Å². The molecule has 2 aromatic carbocycles. The zero-order valence-electron chi connectivity index (χ0n) is 10.6. The molecule has 0 radical (unpaired) electrons. The zero-order valence-corrected chi connectivity index (χ0v) is 12.2. The number of carboxylic acids is 1. The van der Waals surface area contributed by atoms with Crippen LogP contribution in [0.15, 0.2) is 65.0 Å². The molecule has 0 atom stereocenters. The predicted octanol–water partition coefficient (Wildman–Crippen LogP) is 4.16. The molecule has 0 saturated heterocycles. The molecule has 0 unspecified atom stereocenters. The normalized spacial score (nSPS) is 9.80. The van der Waals surface area contributed by atoms with Crippen molar-refractivity contribution in [2.45, 2.75) is 4.34 Å². The number of rotatable bonds is 3. The second-order valence-electron chi connectivity index (χ2n) is 3.78. The van der Waals surface area contributed by atoms with Crippen LogP contribution in [0, 0.1) is 0 Å². The fourth-order valence-electron chi connectivity index (χ4n) is 1.42. The van der Waals surface area contributed by atoms with Crippen LogP contribution in [0.5, 0.6) is 0 Å². The van der Waals surface area contributed by atoms with Gasteiger partial charge in [-0.2, -0.15) is 0 Å². The van der Waals surface area contributed by atoms with Gasteiger partial charge in [-0.25, -0.2) is 4.98 Å². The molecule has 0 aliphatic rings. The third-order valence-corrected chi connectivity index (χ3v) is 4.42. The Morgan fingerprint density at radius 3 is 2.20 bits per heavy atom. The van der Waals surface area contributed by atoms with Gasteiger partial charge in [0.1, 0.15) is 0 Å². The molecule has 0 aliphatic heterocycles. The first-order chi connectivity index (χ1) is 9.75. The van der Waals surface area contributed by atoms with Gasteiger partial charge in [0.15, 0.2) is 4.34 Å². The average molecular weight is 303 g/mol. The minimum Gasteiger partial charge on any atom is -0.481 e. The van der Waals surface area contributed by atoms with Gasteiger partial charge in [0.05, 0.1) is 16.0 Å². The fourth-order valence-corrected chi connectivity index (χ4v) is 3.21. The summed E-state index contributed by atoms with van der Waals surface area (Å²) >= 11 is 2.79. The lowest BCUT2D eigenvalue weighted by Gasteiger charge is -1.88. The van der Waals surface area contributed by atoms with E-state index in [1.807, 2.05) is 60.7 Å². The summed E-state index contributed by atoms with van der Waals surface area (Å²) < 4.78 is 1.91. The minimum absolute atomic E-state index is 0.0693. The van der Waals surface area contributed by atoms with Gasteiger partial charge in [-0.05, 0) is 12.1 Å². The van der Waals surface area contributed by atoms with E-state index in [-0.39, 0.29) is 5.75 Å². The average Bonchev–Trinajstić information content (AvgIpc) is 2.90. The van der Waals surface area contributed by atoms with Crippen LogP contribution in [0.3, 0.4) is 0 Å². The number of thiazole rings is 1. The van der Waals surface area contributed by atoms with Crippen LogP contribution in [0.2, 0.25) is 0 Å². The van der Waals surface area contributed by atoms with Crippen LogP contribution < -0.4 is 0 Å².